The number of benzene rings is 1. The van der Waals surface area contributed by atoms with Crippen molar-refractivity contribution in [2.45, 2.75) is 19.8 Å². The predicted octanol–water partition coefficient (Wildman–Crippen LogP) is 2.60. The summed E-state index contributed by atoms with van der Waals surface area (Å²) in [5.74, 6) is 0.942. The van der Waals surface area contributed by atoms with E-state index in [0.29, 0.717) is 19.6 Å². The van der Waals surface area contributed by atoms with E-state index in [0.717, 1.165) is 25.3 Å². The number of amides is 1. The highest BCUT2D eigenvalue weighted by molar-refractivity contribution is 14.1. The van der Waals surface area contributed by atoms with Crippen LogP contribution in [-0.2, 0) is 4.79 Å². The maximum absolute atomic E-state index is 11.5. The fourth-order valence-electron chi connectivity index (χ4n) is 1.51. The lowest BCUT2D eigenvalue weighted by atomic mass is 10.3. The minimum Gasteiger partial charge on any atom is -0.494 e. The minimum absolute atomic E-state index is 0. The van der Waals surface area contributed by atoms with Gasteiger partial charge in [0.25, 0.3) is 0 Å². The van der Waals surface area contributed by atoms with Gasteiger partial charge in [-0.2, -0.15) is 0 Å². The molecule has 0 heterocycles. The number of carbonyl (C=O) groups excluding carboxylic acids is 1. The number of carbonyl (C=O) groups is 1. The summed E-state index contributed by atoms with van der Waals surface area (Å²) in [6, 6.07) is 7.89. The van der Waals surface area contributed by atoms with Crippen LogP contribution in [0.1, 0.15) is 19.8 Å². The van der Waals surface area contributed by atoms with Crippen LogP contribution < -0.4 is 15.4 Å². The highest BCUT2D eigenvalue weighted by Gasteiger charge is 2.00. The van der Waals surface area contributed by atoms with Gasteiger partial charge < -0.3 is 15.4 Å². The van der Waals surface area contributed by atoms with Crippen LogP contribution in [0, 0.1) is 3.57 Å². The Hall–Kier alpha value is -0.530. The number of halogens is 2. The first-order valence-corrected chi connectivity index (χ1v) is 7.66. The summed E-state index contributed by atoms with van der Waals surface area (Å²) in [5.41, 5.74) is 0. The van der Waals surface area contributed by atoms with Crippen molar-refractivity contribution in [1.82, 2.24) is 10.6 Å². The number of hydrogen-bond donors (Lipinski definition) is 2. The largest absolute Gasteiger partial charge is 0.494 e. The molecule has 0 aliphatic carbocycles. The van der Waals surface area contributed by atoms with Crippen LogP contribution in [0.3, 0.4) is 0 Å². The molecule has 20 heavy (non-hydrogen) atoms. The van der Waals surface area contributed by atoms with Crippen LogP contribution in [-0.4, -0.2) is 32.1 Å². The van der Waals surface area contributed by atoms with E-state index in [4.69, 9.17) is 4.74 Å². The molecule has 4 nitrogen and oxygen atoms in total. The SMILES string of the molecule is CCNCCNC(=O)CCCOc1ccc(I)cc1.Cl. The van der Waals surface area contributed by atoms with Gasteiger partial charge in [0, 0.05) is 23.1 Å². The van der Waals surface area contributed by atoms with E-state index in [2.05, 4.69) is 33.2 Å². The lowest BCUT2D eigenvalue weighted by molar-refractivity contribution is -0.121. The molecule has 0 bridgehead atoms. The lowest BCUT2D eigenvalue weighted by Gasteiger charge is -2.07. The van der Waals surface area contributed by atoms with Crippen LogP contribution >= 0.6 is 35.0 Å². The van der Waals surface area contributed by atoms with Crippen molar-refractivity contribution in [3.63, 3.8) is 0 Å². The number of hydrogen-bond acceptors (Lipinski definition) is 3. The fourth-order valence-corrected chi connectivity index (χ4v) is 1.87. The fraction of sp³-hybridized carbons (Fsp3) is 0.500. The van der Waals surface area contributed by atoms with Crippen LogP contribution in [0.5, 0.6) is 5.75 Å². The molecule has 0 spiro atoms. The first kappa shape index (κ1) is 19.5. The summed E-state index contributed by atoms with van der Waals surface area (Å²) in [6.07, 6.45) is 1.25. The number of nitrogens with one attached hydrogen (secondary N) is 2. The summed E-state index contributed by atoms with van der Waals surface area (Å²) in [7, 11) is 0. The first-order chi connectivity index (χ1) is 9.22. The van der Waals surface area contributed by atoms with E-state index in [1.807, 2.05) is 31.2 Å². The molecule has 0 aliphatic heterocycles. The maximum Gasteiger partial charge on any atom is 0.220 e. The standard InChI is InChI=1S/C14H21IN2O2.ClH/c1-2-16-9-10-17-14(18)4-3-11-19-13-7-5-12(15)6-8-13;/h5-8,16H,2-4,9-11H2,1H3,(H,17,18);1H. The van der Waals surface area contributed by atoms with Gasteiger partial charge in [0.2, 0.25) is 5.91 Å². The molecule has 114 valence electrons. The molecule has 2 N–H and O–H groups in total. The van der Waals surface area contributed by atoms with Crippen LogP contribution in [0.2, 0.25) is 0 Å². The Morgan fingerprint density at radius 1 is 1.25 bits per heavy atom. The lowest BCUT2D eigenvalue weighted by Crippen LogP contribution is -2.31. The molecule has 6 heteroatoms. The second-order valence-corrected chi connectivity index (χ2v) is 5.36. The van der Waals surface area contributed by atoms with Gasteiger partial charge in [-0.25, -0.2) is 0 Å². The zero-order valence-corrected chi connectivity index (χ0v) is 14.6. The summed E-state index contributed by atoms with van der Waals surface area (Å²) < 4.78 is 6.74. The second kappa shape index (κ2) is 12.2. The van der Waals surface area contributed by atoms with E-state index in [1.165, 1.54) is 3.57 Å². The zero-order chi connectivity index (χ0) is 13.9. The number of rotatable bonds is 9. The Kier molecular flexibility index (Phi) is 11.9. The van der Waals surface area contributed by atoms with Gasteiger partial charge in [-0.05, 0) is 59.8 Å². The highest BCUT2D eigenvalue weighted by atomic mass is 127. The molecular weight excluding hydrogens is 391 g/mol. The Morgan fingerprint density at radius 3 is 2.60 bits per heavy atom. The Bertz CT molecular complexity index is 374. The van der Waals surface area contributed by atoms with Crippen molar-refractivity contribution < 1.29 is 9.53 Å². The van der Waals surface area contributed by atoms with E-state index in [-0.39, 0.29) is 18.3 Å². The van der Waals surface area contributed by atoms with Crippen molar-refractivity contribution >= 4 is 40.9 Å². The third-order valence-electron chi connectivity index (χ3n) is 2.50. The molecule has 0 fully saturated rings. The smallest absolute Gasteiger partial charge is 0.220 e. The molecule has 1 amide bonds. The first-order valence-electron chi connectivity index (χ1n) is 6.58. The van der Waals surface area contributed by atoms with Crippen molar-refractivity contribution in [3.8, 4) is 5.75 Å². The topological polar surface area (TPSA) is 50.4 Å². The predicted molar refractivity (Wildman–Crippen MR) is 92.7 cm³/mol. The Morgan fingerprint density at radius 2 is 1.95 bits per heavy atom. The van der Waals surface area contributed by atoms with Gasteiger partial charge >= 0.3 is 0 Å². The minimum atomic E-state index is 0. The average molecular weight is 413 g/mol. The molecular formula is C14H22ClIN2O2. The van der Waals surface area contributed by atoms with Gasteiger partial charge in [-0.3, -0.25) is 4.79 Å². The van der Waals surface area contributed by atoms with Gasteiger partial charge in [-0.1, -0.05) is 6.92 Å². The molecule has 0 saturated heterocycles. The molecule has 1 rings (SSSR count). The van der Waals surface area contributed by atoms with Crippen molar-refractivity contribution in [1.29, 1.82) is 0 Å². The highest BCUT2D eigenvalue weighted by Crippen LogP contribution is 2.13. The molecule has 1 aromatic rings. The third-order valence-corrected chi connectivity index (χ3v) is 3.22. The third kappa shape index (κ3) is 9.39. The Balaban J connectivity index is 0.00000361. The van der Waals surface area contributed by atoms with Crippen molar-refractivity contribution in [2.24, 2.45) is 0 Å². The quantitative estimate of drug-likeness (QED) is 0.484. The number of likely N-dealkylation sites (N-methyl/N-ethyl adjacent to an activating group) is 1. The van der Waals surface area contributed by atoms with Gasteiger partial charge in [-0.15, -0.1) is 12.4 Å². The van der Waals surface area contributed by atoms with Gasteiger partial charge in [0.1, 0.15) is 5.75 Å². The molecule has 0 aliphatic rings. The van der Waals surface area contributed by atoms with Gasteiger partial charge in [0.05, 0.1) is 6.61 Å². The van der Waals surface area contributed by atoms with Crippen LogP contribution in [0.25, 0.3) is 0 Å². The molecule has 0 saturated carbocycles. The van der Waals surface area contributed by atoms with Gasteiger partial charge in [0.15, 0.2) is 0 Å². The molecule has 1 aromatic carbocycles. The van der Waals surface area contributed by atoms with E-state index in [1.54, 1.807) is 0 Å². The molecule has 0 aromatic heterocycles. The van der Waals surface area contributed by atoms with Crippen molar-refractivity contribution in [2.75, 3.05) is 26.2 Å². The van der Waals surface area contributed by atoms with Crippen LogP contribution in [0.4, 0.5) is 0 Å². The monoisotopic (exact) mass is 412 g/mol. The Labute approximate surface area is 140 Å². The molecule has 0 radical (unpaired) electrons. The van der Waals surface area contributed by atoms with E-state index >= 15 is 0 Å². The maximum atomic E-state index is 11.5. The zero-order valence-electron chi connectivity index (χ0n) is 11.7. The summed E-state index contributed by atoms with van der Waals surface area (Å²) >= 11 is 2.26. The van der Waals surface area contributed by atoms with Crippen LogP contribution in [0.15, 0.2) is 24.3 Å². The average Bonchev–Trinajstić information content (AvgIpc) is 2.42. The number of ether oxygens (including phenoxy) is 1. The normalized spacial score (nSPS) is 9.70. The molecule has 0 atom stereocenters. The summed E-state index contributed by atoms with van der Waals surface area (Å²) in [5, 5.41) is 6.02. The van der Waals surface area contributed by atoms with Crippen molar-refractivity contribution in [3.05, 3.63) is 27.8 Å². The summed E-state index contributed by atoms with van der Waals surface area (Å²) in [4.78, 5) is 11.5. The van der Waals surface area contributed by atoms with E-state index in [9.17, 15) is 4.79 Å². The second-order valence-electron chi connectivity index (χ2n) is 4.11. The van der Waals surface area contributed by atoms with E-state index < -0.39 is 0 Å². The molecule has 0 unspecified atom stereocenters. The summed E-state index contributed by atoms with van der Waals surface area (Å²) in [6.45, 7) is 5.05.